The zero-order valence-electron chi connectivity index (χ0n) is 19.0. The summed E-state index contributed by atoms with van der Waals surface area (Å²) >= 11 is 0. The molecular formula is C15H26N5O14P3. The Balaban J connectivity index is 0.000000317. The first-order valence-electron chi connectivity index (χ1n) is 9.91. The lowest BCUT2D eigenvalue weighted by molar-refractivity contribution is -0.150. The van der Waals surface area contributed by atoms with E-state index in [9.17, 15) is 29.0 Å². The smallest absolute Gasteiger partial charge is 0.394 e. The molecule has 210 valence electrons. The summed E-state index contributed by atoms with van der Waals surface area (Å²) in [6.07, 6.45) is 0.184. The molecule has 19 nitrogen and oxygen atoms in total. The van der Waals surface area contributed by atoms with Gasteiger partial charge in [0.1, 0.15) is 30.2 Å². The third-order valence-corrected chi connectivity index (χ3v) is 8.15. The topological polar surface area (TPSA) is 310 Å². The van der Waals surface area contributed by atoms with E-state index in [4.69, 9.17) is 34.9 Å². The number of imidazole rings is 1. The van der Waals surface area contributed by atoms with E-state index < -0.39 is 54.1 Å². The van der Waals surface area contributed by atoms with Gasteiger partial charge in [-0.15, -0.1) is 6.58 Å². The number of aliphatic hydroxyl groups excluding tert-OH is 3. The summed E-state index contributed by atoms with van der Waals surface area (Å²) in [4.78, 5) is 52.5. The molecule has 1 aliphatic rings. The lowest BCUT2D eigenvalue weighted by Crippen LogP contribution is -2.45. The quantitative estimate of drug-likeness (QED) is 0.122. The summed E-state index contributed by atoms with van der Waals surface area (Å²) in [7, 11) is -16.2. The average Bonchev–Trinajstić information content (AvgIpc) is 3.25. The fourth-order valence-corrected chi connectivity index (χ4v) is 5.89. The number of hydrogen-bond donors (Lipinski definition) is 9. The van der Waals surface area contributed by atoms with Crippen LogP contribution in [0.2, 0.25) is 0 Å². The number of aliphatic hydroxyl groups is 3. The van der Waals surface area contributed by atoms with Gasteiger partial charge in [0.25, 0.3) is 0 Å². The van der Waals surface area contributed by atoms with Crippen LogP contribution in [-0.2, 0) is 32.8 Å². The van der Waals surface area contributed by atoms with Crippen molar-refractivity contribution in [3.05, 3.63) is 24.8 Å². The lowest BCUT2D eigenvalue weighted by Gasteiger charge is -2.34. The number of nitrogen functional groups attached to an aromatic ring is 1. The minimum absolute atomic E-state index is 0.209. The van der Waals surface area contributed by atoms with Crippen molar-refractivity contribution in [2.45, 2.75) is 43.8 Å². The van der Waals surface area contributed by atoms with Gasteiger partial charge in [-0.1, -0.05) is 5.57 Å². The van der Waals surface area contributed by atoms with Crippen LogP contribution in [0, 0.1) is 0 Å². The standard InChI is InChI=1S/C15H21N5O4.H5O10P3/c1-8(2)3-4-15(12(23)11(22)9(5-21)24-15)20-7-19-10-13(16)17-6-18-14(10)20;1-11(2,3)9-13(7,8)10-12(4,5)6/h6-7,9,11-12,21-23H,1,3-5H2,2H3,(H2,16,17,18);(H,7,8)(H2,1,2,3)(H2,4,5,6)/t9-,11-,12-,15-;/m1./s1. The van der Waals surface area contributed by atoms with E-state index in [1.165, 1.54) is 12.7 Å². The van der Waals surface area contributed by atoms with Crippen LogP contribution in [-0.4, -0.2) is 84.2 Å². The molecule has 37 heavy (non-hydrogen) atoms. The summed E-state index contributed by atoms with van der Waals surface area (Å²) in [5, 5.41) is 30.4. The molecule has 0 bridgehead atoms. The highest BCUT2D eigenvalue weighted by atomic mass is 31.3. The molecule has 0 unspecified atom stereocenters. The van der Waals surface area contributed by atoms with Crippen molar-refractivity contribution in [3.8, 4) is 0 Å². The van der Waals surface area contributed by atoms with Crippen molar-refractivity contribution in [2.24, 2.45) is 0 Å². The Morgan fingerprint density at radius 1 is 1.14 bits per heavy atom. The van der Waals surface area contributed by atoms with Crippen LogP contribution in [0.5, 0.6) is 0 Å². The Kier molecular flexibility index (Phi) is 9.90. The molecule has 2 aromatic heterocycles. The zero-order chi connectivity index (χ0) is 28.4. The van der Waals surface area contributed by atoms with Crippen molar-refractivity contribution < 1.29 is 66.8 Å². The number of allylic oxidation sites excluding steroid dienone is 1. The van der Waals surface area contributed by atoms with Gasteiger partial charge in [-0.3, -0.25) is 4.57 Å². The van der Waals surface area contributed by atoms with Gasteiger partial charge >= 0.3 is 23.5 Å². The lowest BCUT2D eigenvalue weighted by atomic mass is 9.95. The highest BCUT2D eigenvalue weighted by molar-refractivity contribution is 7.66. The van der Waals surface area contributed by atoms with Gasteiger partial charge in [0, 0.05) is 6.42 Å². The van der Waals surface area contributed by atoms with Gasteiger partial charge in [0.15, 0.2) is 17.2 Å². The van der Waals surface area contributed by atoms with Gasteiger partial charge in [-0.05, 0) is 13.3 Å². The summed E-state index contributed by atoms with van der Waals surface area (Å²) in [5.41, 5.74) is 6.14. The van der Waals surface area contributed by atoms with E-state index in [0.717, 1.165) is 5.57 Å². The Bertz CT molecular complexity index is 1230. The molecule has 0 aliphatic carbocycles. The predicted octanol–water partition coefficient (Wildman–Crippen LogP) is -1.16. The van der Waals surface area contributed by atoms with E-state index in [1.807, 2.05) is 6.92 Å². The van der Waals surface area contributed by atoms with Crippen LogP contribution in [0.1, 0.15) is 19.8 Å². The molecule has 10 N–H and O–H groups in total. The fraction of sp³-hybridized carbons (Fsp3) is 0.533. The maximum Gasteiger partial charge on any atom is 0.490 e. The van der Waals surface area contributed by atoms with Crippen molar-refractivity contribution in [3.63, 3.8) is 0 Å². The van der Waals surface area contributed by atoms with E-state index in [2.05, 4.69) is 30.2 Å². The SMILES string of the molecule is C=C(C)CC[C@@]1(n2cnc3c(N)ncnc32)O[C@H](CO)[C@@H](O)[C@H]1O.O=P(O)(O)OP(=O)(O)OP(=O)(O)O. The first-order valence-corrected chi connectivity index (χ1v) is 14.5. The van der Waals surface area contributed by atoms with E-state index in [1.54, 1.807) is 4.57 Å². The Hall–Kier alpha value is -1.66. The minimum atomic E-state index is -5.46. The molecule has 1 fully saturated rings. The number of aromatic nitrogens is 4. The van der Waals surface area contributed by atoms with Crippen molar-refractivity contribution in [2.75, 3.05) is 12.3 Å². The Morgan fingerprint density at radius 2 is 1.70 bits per heavy atom. The predicted molar refractivity (Wildman–Crippen MR) is 122 cm³/mol. The van der Waals surface area contributed by atoms with E-state index >= 15 is 0 Å². The second-order valence-electron chi connectivity index (χ2n) is 7.73. The molecule has 4 atom stereocenters. The minimum Gasteiger partial charge on any atom is -0.394 e. The molecule has 0 aromatic carbocycles. The Labute approximate surface area is 208 Å². The summed E-state index contributed by atoms with van der Waals surface area (Å²) in [5.74, 6) is 0.209. The van der Waals surface area contributed by atoms with E-state index in [-0.39, 0.29) is 5.82 Å². The number of anilines is 1. The molecule has 22 heteroatoms. The normalized spacial score (nSPS) is 24.6. The van der Waals surface area contributed by atoms with E-state index in [0.29, 0.717) is 24.0 Å². The van der Waals surface area contributed by atoms with Crippen LogP contribution in [0.4, 0.5) is 5.82 Å². The zero-order valence-corrected chi connectivity index (χ0v) is 21.6. The molecule has 0 saturated carbocycles. The van der Waals surface area contributed by atoms with Crippen molar-refractivity contribution >= 4 is 40.4 Å². The van der Waals surface area contributed by atoms with Gasteiger partial charge in [0.05, 0.1) is 12.9 Å². The second kappa shape index (κ2) is 11.6. The van der Waals surface area contributed by atoms with Gasteiger partial charge in [-0.25, -0.2) is 28.6 Å². The second-order valence-corrected chi connectivity index (χ2v) is 11.9. The van der Waals surface area contributed by atoms with Gasteiger partial charge in [0.2, 0.25) is 0 Å². The number of phosphoric acid groups is 3. The number of nitrogens with zero attached hydrogens (tertiary/aromatic N) is 4. The average molecular weight is 593 g/mol. The summed E-state index contributed by atoms with van der Waals surface area (Å²) < 4.78 is 43.8. The van der Waals surface area contributed by atoms with Crippen LogP contribution < -0.4 is 5.73 Å². The number of fused-ring (bicyclic) bond motifs is 1. The van der Waals surface area contributed by atoms with Crippen LogP contribution in [0.15, 0.2) is 24.8 Å². The highest BCUT2D eigenvalue weighted by Gasteiger charge is 2.55. The van der Waals surface area contributed by atoms with Crippen molar-refractivity contribution in [1.29, 1.82) is 0 Å². The Morgan fingerprint density at radius 3 is 2.16 bits per heavy atom. The van der Waals surface area contributed by atoms with Crippen LogP contribution >= 0.6 is 23.5 Å². The third kappa shape index (κ3) is 8.16. The first-order chi connectivity index (χ1) is 16.8. The monoisotopic (exact) mass is 593 g/mol. The number of nitrogens with two attached hydrogens (primary N) is 1. The molecule has 0 radical (unpaired) electrons. The number of ether oxygens (including phenoxy) is 1. The molecular weight excluding hydrogens is 567 g/mol. The first kappa shape index (κ1) is 31.6. The van der Waals surface area contributed by atoms with Crippen LogP contribution in [0.25, 0.3) is 11.2 Å². The largest absolute Gasteiger partial charge is 0.490 e. The summed E-state index contributed by atoms with van der Waals surface area (Å²) in [6.45, 7) is 5.31. The number of hydrogen-bond acceptors (Lipinski definition) is 13. The third-order valence-electron chi connectivity index (χ3n) is 4.80. The highest BCUT2D eigenvalue weighted by Crippen LogP contribution is 2.64. The fourth-order valence-electron chi connectivity index (χ4n) is 3.35. The molecule has 1 saturated heterocycles. The maximum absolute atomic E-state index is 10.7. The molecule has 2 aromatic rings. The van der Waals surface area contributed by atoms with Crippen molar-refractivity contribution in [1.82, 2.24) is 19.5 Å². The molecule has 0 spiro atoms. The van der Waals surface area contributed by atoms with Crippen LogP contribution in [0.3, 0.4) is 0 Å². The van der Waals surface area contributed by atoms with Gasteiger partial charge < -0.3 is 50.3 Å². The summed E-state index contributed by atoms with van der Waals surface area (Å²) in [6, 6.07) is 0. The molecule has 3 heterocycles. The molecule has 0 amide bonds. The molecule has 1 aliphatic heterocycles. The maximum atomic E-state index is 10.7. The number of rotatable bonds is 9. The van der Waals surface area contributed by atoms with Gasteiger partial charge in [-0.2, -0.15) is 8.62 Å². The molecule has 3 rings (SSSR count).